The lowest BCUT2D eigenvalue weighted by atomic mass is 9.96. The van der Waals surface area contributed by atoms with E-state index in [0.717, 1.165) is 32.1 Å². The summed E-state index contributed by atoms with van der Waals surface area (Å²) in [6, 6.07) is 0.495. The van der Waals surface area contributed by atoms with Crippen molar-refractivity contribution in [3.05, 3.63) is 18.0 Å². The van der Waals surface area contributed by atoms with E-state index in [1.807, 2.05) is 10.9 Å². The van der Waals surface area contributed by atoms with Gasteiger partial charge in [-0.2, -0.15) is 5.10 Å². The van der Waals surface area contributed by atoms with Crippen LogP contribution in [0.25, 0.3) is 0 Å². The van der Waals surface area contributed by atoms with Gasteiger partial charge >= 0.3 is 5.97 Å². The monoisotopic (exact) mass is 333 g/mol. The second kappa shape index (κ2) is 7.81. The first-order chi connectivity index (χ1) is 11.6. The maximum absolute atomic E-state index is 12.5. The second-order valence-corrected chi connectivity index (χ2v) is 7.21. The standard InChI is InChI=1S/C18H27N3O3/c22-17(20-15-6-4-5-13(9-10-15)18(23)24)14-11-19-21(12-14)16-7-2-1-3-8-16/h11-13,15-16H,1-10H2,(H,20,22)(H,23,24). The van der Waals surface area contributed by atoms with Crippen LogP contribution >= 0.6 is 0 Å². The number of nitrogens with one attached hydrogen (secondary N) is 1. The van der Waals surface area contributed by atoms with Crippen molar-refractivity contribution in [2.24, 2.45) is 5.92 Å². The summed E-state index contributed by atoms with van der Waals surface area (Å²) in [4.78, 5) is 23.6. The van der Waals surface area contributed by atoms with Crippen molar-refractivity contribution in [2.75, 3.05) is 0 Å². The lowest BCUT2D eigenvalue weighted by Gasteiger charge is -2.21. The maximum Gasteiger partial charge on any atom is 0.306 e. The Labute approximate surface area is 142 Å². The molecule has 2 saturated carbocycles. The van der Waals surface area contributed by atoms with Crippen LogP contribution in [0, 0.1) is 5.92 Å². The number of hydrogen-bond acceptors (Lipinski definition) is 3. The number of amides is 1. The minimum atomic E-state index is -0.712. The third-order valence-electron chi connectivity index (χ3n) is 5.47. The molecule has 24 heavy (non-hydrogen) atoms. The zero-order chi connectivity index (χ0) is 16.9. The average molecular weight is 333 g/mol. The van der Waals surface area contributed by atoms with Gasteiger partial charge in [0.15, 0.2) is 0 Å². The van der Waals surface area contributed by atoms with Crippen molar-refractivity contribution in [3.63, 3.8) is 0 Å². The third-order valence-corrected chi connectivity index (χ3v) is 5.47. The molecule has 0 spiro atoms. The largest absolute Gasteiger partial charge is 0.481 e. The molecule has 2 unspecified atom stereocenters. The van der Waals surface area contributed by atoms with E-state index in [4.69, 9.17) is 5.11 Å². The van der Waals surface area contributed by atoms with Crippen LogP contribution in [0.1, 0.15) is 80.6 Å². The maximum atomic E-state index is 12.5. The molecule has 2 aliphatic carbocycles. The number of hydrogen-bond donors (Lipinski definition) is 2. The Morgan fingerprint density at radius 2 is 1.83 bits per heavy atom. The van der Waals surface area contributed by atoms with Gasteiger partial charge in [-0.05, 0) is 38.5 Å². The molecular formula is C18H27N3O3. The van der Waals surface area contributed by atoms with Crippen LogP contribution in [0.5, 0.6) is 0 Å². The molecule has 132 valence electrons. The molecule has 1 aromatic heterocycles. The number of carbonyl (C=O) groups excluding carboxylic acids is 1. The number of rotatable bonds is 4. The normalized spacial score (nSPS) is 25.8. The summed E-state index contributed by atoms with van der Waals surface area (Å²) < 4.78 is 1.95. The summed E-state index contributed by atoms with van der Waals surface area (Å²) in [6.45, 7) is 0. The molecule has 2 fully saturated rings. The zero-order valence-corrected chi connectivity index (χ0v) is 14.1. The van der Waals surface area contributed by atoms with Crippen LogP contribution < -0.4 is 5.32 Å². The Morgan fingerprint density at radius 1 is 1.04 bits per heavy atom. The molecule has 1 aromatic rings. The van der Waals surface area contributed by atoms with Crippen LogP contribution in [-0.4, -0.2) is 32.8 Å². The number of aliphatic carboxylic acids is 1. The summed E-state index contributed by atoms with van der Waals surface area (Å²) >= 11 is 0. The molecule has 6 nitrogen and oxygen atoms in total. The predicted molar refractivity (Wildman–Crippen MR) is 89.8 cm³/mol. The van der Waals surface area contributed by atoms with Crippen LogP contribution in [0.2, 0.25) is 0 Å². The Balaban J connectivity index is 1.55. The predicted octanol–water partition coefficient (Wildman–Crippen LogP) is 3.15. The first-order valence-corrected chi connectivity index (χ1v) is 9.21. The highest BCUT2D eigenvalue weighted by atomic mass is 16.4. The molecule has 2 aliphatic rings. The zero-order valence-electron chi connectivity index (χ0n) is 14.1. The highest BCUT2D eigenvalue weighted by molar-refractivity contribution is 5.93. The van der Waals surface area contributed by atoms with Crippen molar-refractivity contribution in [1.29, 1.82) is 0 Å². The summed E-state index contributed by atoms with van der Waals surface area (Å²) in [7, 11) is 0. The van der Waals surface area contributed by atoms with Gasteiger partial charge in [0.2, 0.25) is 0 Å². The number of carboxylic acid groups (broad SMARTS) is 1. The molecule has 0 bridgehead atoms. The van der Waals surface area contributed by atoms with Gasteiger partial charge in [-0.25, -0.2) is 0 Å². The van der Waals surface area contributed by atoms with E-state index in [2.05, 4.69) is 10.4 Å². The molecule has 2 N–H and O–H groups in total. The van der Waals surface area contributed by atoms with Crippen molar-refractivity contribution in [1.82, 2.24) is 15.1 Å². The van der Waals surface area contributed by atoms with E-state index >= 15 is 0 Å². The van der Waals surface area contributed by atoms with Gasteiger partial charge in [0, 0.05) is 12.2 Å². The topological polar surface area (TPSA) is 84.2 Å². The smallest absolute Gasteiger partial charge is 0.306 e. The average Bonchev–Trinajstić information content (AvgIpc) is 2.97. The molecule has 0 saturated heterocycles. The van der Waals surface area contributed by atoms with Gasteiger partial charge in [-0.1, -0.05) is 25.7 Å². The number of carbonyl (C=O) groups is 2. The van der Waals surface area contributed by atoms with E-state index in [-0.39, 0.29) is 17.9 Å². The van der Waals surface area contributed by atoms with Gasteiger partial charge in [0.25, 0.3) is 5.91 Å². The SMILES string of the molecule is O=C(NC1CCCC(C(=O)O)CC1)c1cnn(C2CCCCC2)c1. The van der Waals surface area contributed by atoms with Crippen molar-refractivity contribution < 1.29 is 14.7 Å². The molecule has 0 aromatic carbocycles. The molecular weight excluding hydrogens is 306 g/mol. The fourth-order valence-electron chi connectivity index (χ4n) is 3.96. The highest BCUT2D eigenvalue weighted by Gasteiger charge is 2.25. The van der Waals surface area contributed by atoms with E-state index in [9.17, 15) is 9.59 Å². The third kappa shape index (κ3) is 4.16. The molecule has 3 rings (SSSR count). The van der Waals surface area contributed by atoms with Crippen molar-refractivity contribution in [2.45, 2.75) is 76.3 Å². The summed E-state index contributed by atoms with van der Waals surface area (Å²) in [5.74, 6) is -1.06. The highest BCUT2D eigenvalue weighted by Crippen LogP contribution is 2.28. The lowest BCUT2D eigenvalue weighted by Crippen LogP contribution is -2.34. The quantitative estimate of drug-likeness (QED) is 0.829. The van der Waals surface area contributed by atoms with Gasteiger partial charge in [0.05, 0.1) is 23.7 Å². The van der Waals surface area contributed by atoms with Crippen LogP contribution in [-0.2, 0) is 4.79 Å². The van der Waals surface area contributed by atoms with E-state index < -0.39 is 5.97 Å². The summed E-state index contributed by atoms with van der Waals surface area (Å²) in [6.07, 6.45) is 13.4. The van der Waals surface area contributed by atoms with Crippen molar-refractivity contribution in [3.8, 4) is 0 Å². The molecule has 2 atom stereocenters. The van der Waals surface area contributed by atoms with Gasteiger partial charge < -0.3 is 10.4 Å². The Morgan fingerprint density at radius 3 is 2.58 bits per heavy atom. The fraction of sp³-hybridized carbons (Fsp3) is 0.722. The summed E-state index contributed by atoms with van der Waals surface area (Å²) in [5, 5.41) is 16.6. The lowest BCUT2D eigenvalue weighted by molar-refractivity contribution is -0.142. The van der Waals surface area contributed by atoms with Crippen molar-refractivity contribution >= 4 is 11.9 Å². The first kappa shape index (κ1) is 17.0. The second-order valence-electron chi connectivity index (χ2n) is 7.21. The fourth-order valence-corrected chi connectivity index (χ4v) is 3.96. The number of aromatic nitrogens is 2. The Bertz CT molecular complexity index is 578. The Hall–Kier alpha value is -1.85. The molecule has 0 aliphatic heterocycles. The molecule has 1 heterocycles. The minimum Gasteiger partial charge on any atom is -0.481 e. The molecule has 1 amide bonds. The minimum absolute atomic E-state index is 0.0693. The van der Waals surface area contributed by atoms with E-state index in [0.29, 0.717) is 24.4 Å². The van der Waals surface area contributed by atoms with Gasteiger partial charge in [-0.3, -0.25) is 14.3 Å². The van der Waals surface area contributed by atoms with Crippen LogP contribution in [0.15, 0.2) is 12.4 Å². The summed E-state index contributed by atoms with van der Waals surface area (Å²) in [5.41, 5.74) is 0.611. The van der Waals surface area contributed by atoms with Gasteiger partial charge in [0.1, 0.15) is 0 Å². The van der Waals surface area contributed by atoms with Gasteiger partial charge in [-0.15, -0.1) is 0 Å². The Kier molecular flexibility index (Phi) is 5.53. The first-order valence-electron chi connectivity index (χ1n) is 9.21. The van der Waals surface area contributed by atoms with Crippen LogP contribution in [0.3, 0.4) is 0 Å². The van der Waals surface area contributed by atoms with E-state index in [1.165, 1.54) is 19.3 Å². The van der Waals surface area contributed by atoms with E-state index in [1.54, 1.807) is 6.20 Å². The molecule has 0 radical (unpaired) electrons. The number of nitrogens with zero attached hydrogens (tertiary/aromatic N) is 2. The molecule has 6 heteroatoms. The van der Waals surface area contributed by atoms with Crippen LogP contribution in [0.4, 0.5) is 0 Å². The number of carboxylic acids is 1.